The summed E-state index contributed by atoms with van der Waals surface area (Å²) in [6.45, 7) is 11.9. The van der Waals surface area contributed by atoms with E-state index in [0.29, 0.717) is 25.7 Å². The van der Waals surface area contributed by atoms with Gasteiger partial charge in [-0.15, -0.1) is 0 Å². The van der Waals surface area contributed by atoms with Gasteiger partial charge in [0.2, 0.25) is 0 Å². The van der Waals surface area contributed by atoms with Gasteiger partial charge in [-0.1, -0.05) is 350 Å². The second-order valence-corrected chi connectivity index (χ2v) is 32.0. The van der Waals surface area contributed by atoms with Crippen LogP contribution in [-0.4, -0.2) is 96.7 Å². The molecule has 576 valence electrons. The Bertz CT molecular complexity index is 1890. The number of carbonyl (C=O) groups is 4. The summed E-state index contributed by atoms with van der Waals surface area (Å²) >= 11 is 0. The molecule has 0 saturated heterocycles. The number of hydrogen-bond acceptors (Lipinski definition) is 15. The van der Waals surface area contributed by atoms with Crippen LogP contribution in [0.15, 0.2) is 0 Å². The third-order valence-corrected chi connectivity index (χ3v) is 20.8. The highest BCUT2D eigenvalue weighted by molar-refractivity contribution is 7.47. The highest BCUT2D eigenvalue weighted by Gasteiger charge is 2.30. The number of aliphatic hydroxyl groups is 1. The molecule has 0 aliphatic heterocycles. The first kappa shape index (κ1) is 95.1. The van der Waals surface area contributed by atoms with E-state index in [9.17, 15) is 43.2 Å². The standard InChI is InChI=1S/C78H152O17P2/c1-8-11-12-13-14-15-16-17-18-19-20-21-22-23-31-40-47-54-61-77(82)94-73(65-88-75(80)59-52-45-38-30-26-24-28-36-43-50-57-70(6)9-2)67-92-96(84,85)90-63-72(79)64-91-97(86,87)93-68-74(66-89-76(81)60-53-46-39-34-33-35-42-49-56-69(4)5)95-78(83)62-55-48-41-32-27-25-29-37-44-51-58-71(7)10-3/h69-74,79H,8-68H2,1-7H3,(H,84,85)(H,86,87)/t70?,71?,72-,73-,74-/m1/s1. The molecule has 0 aliphatic carbocycles. The fourth-order valence-electron chi connectivity index (χ4n) is 11.9. The maximum Gasteiger partial charge on any atom is 0.472 e. The van der Waals surface area contributed by atoms with E-state index in [1.54, 1.807) is 0 Å². The molecule has 0 amide bonds. The van der Waals surface area contributed by atoms with E-state index < -0.39 is 97.5 Å². The first-order chi connectivity index (χ1) is 46.8. The van der Waals surface area contributed by atoms with Crippen LogP contribution in [-0.2, 0) is 65.4 Å². The summed E-state index contributed by atoms with van der Waals surface area (Å²) in [6.07, 6.45) is 55.3. The van der Waals surface area contributed by atoms with Crippen molar-refractivity contribution < 1.29 is 80.2 Å². The van der Waals surface area contributed by atoms with Gasteiger partial charge in [-0.05, 0) is 43.4 Å². The Morgan fingerprint density at radius 2 is 0.526 bits per heavy atom. The first-order valence-corrected chi connectivity index (χ1v) is 43.4. The molecular weight excluding hydrogens is 1270 g/mol. The largest absolute Gasteiger partial charge is 0.472 e. The van der Waals surface area contributed by atoms with Crippen LogP contribution in [0.3, 0.4) is 0 Å². The van der Waals surface area contributed by atoms with Crippen molar-refractivity contribution in [2.75, 3.05) is 39.6 Å². The number of hydrogen-bond donors (Lipinski definition) is 3. The van der Waals surface area contributed by atoms with Crippen molar-refractivity contribution in [3.8, 4) is 0 Å². The van der Waals surface area contributed by atoms with E-state index in [1.165, 1.54) is 212 Å². The summed E-state index contributed by atoms with van der Waals surface area (Å²) in [7, 11) is -9.92. The Morgan fingerprint density at radius 3 is 0.784 bits per heavy atom. The van der Waals surface area contributed by atoms with Crippen molar-refractivity contribution in [3.05, 3.63) is 0 Å². The SMILES string of the molecule is CCCCCCCCCCCCCCCCCCCCC(=O)O[C@H](COC(=O)CCCCCCCCCCCCC(C)CC)COP(=O)(O)OC[C@@H](O)COP(=O)(O)OC[C@@H](COC(=O)CCCCCCCCCCC(C)C)OC(=O)CCCCCCCCCCCCC(C)CC. The lowest BCUT2D eigenvalue weighted by atomic mass is 9.99. The maximum absolute atomic E-state index is 13.1. The fraction of sp³-hybridized carbons (Fsp3) is 0.949. The molecule has 0 heterocycles. The topological polar surface area (TPSA) is 237 Å². The predicted molar refractivity (Wildman–Crippen MR) is 395 cm³/mol. The quantitative estimate of drug-likeness (QED) is 0.0222. The summed E-state index contributed by atoms with van der Waals surface area (Å²) in [6, 6.07) is 0. The number of unbranched alkanes of at least 4 members (excludes halogenated alkanes) is 42. The van der Waals surface area contributed by atoms with Crippen LogP contribution in [0, 0.1) is 17.8 Å². The smallest absolute Gasteiger partial charge is 0.462 e. The number of carbonyl (C=O) groups excluding carboxylic acids is 4. The van der Waals surface area contributed by atoms with E-state index in [4.69, 9.17) is 37.0 Å². The zero-order chi connectivity index (χ0) is 71.6. The van der Waals surface area contributed by atoms with Crippen LogP contribution in [0.4, 0.5) is 0 Å². The summed E-state index contributed by atoms with van der Waals surface area (Å²) < 4.78 is 68.6. The molecule has 3 N–H and O–H groups in total. The summed E-state index contributed by atoms with van der Waals surface area (Å²) in [5.41, 5.74) is 0. The van der Waals surface area contributed by atoms with E-state index in [2.05, 4.69) is 48.5 Å². The van der Waals surface area contributed by atoms with Gasteiger partial charge in [-0.25, -0.2) is 9.13 Å². The van der Waals surface area contributed by atoms with Gasteiger partial charge < -0.3 is 33.8 Å². The van der Waals surface area contributed by atoms with E-state index in [1.807, 2.05) is 0 Å². The van der Waals surface area contributed by atoms with E-state index in [-0.39, 0.29) is 25.7 Å². The number of phosphoric ester groups is 2. The molecule has 0 aliphatic rings. The molecular formula is C78H152O17P2. The lowest BCUT2D eigenvalue weighted by molar-refractivity contribution is -0.161. The molecule has 0 aromatic rings. The maximum atomic E-state index is 13.1. The Labute approximate surface area is 594 Å². The normalized spacial score (nSPS) is 14.6. The van der Waals surface area contributed by atoms with Crippen molar-refractivity contribution in [1.82, 2.24) is 0 Å². The van der Waals surface area contributed by atoms with Crippen molar-refractivity contribution in [3.63, 3.8) is 0 Å². The molecule has 7 atom stereocenters. The fourth-order valence-corrected chi connectivity index (χ4v) is 13.5. The number of rotatable bonds is 76. The van der Waals surface area contributed by atoms with Gasteiger partial charge in [0.15, 0.2) is 12.2 Å². The minimum Gasteiger partial charge on any atom is -0.462 e. The Morgan fingerprint density at radius 1 is 0.299 bits per heavy atom. The van der Waals surface area contributed by atoms with Crippen molar-refractivity contribution in [1.29, 1.82) is 0 Å². The molecule has 0 bridgehead atoms. The predicted octanol–water partition coefficient (Wildman–Crippen LogP) is 23.0. The Balaban J connectivity index is 5.26. The van der Waals surface area contributed by atoms with Crippen molar-refractivity contribution in [2.45, 2.75) is 420 Å². The van der Waals surface area contributed by atoms with Gasteiger partial charge in [0.1, 0.15) is 19.3 Å². The average Bonchev–Trinajstić information content (AvgIpc) is 1.25. The molecule has 0 spiro atoms. The van der Waals surface area contributed by atoms with E-state index in [0.717, 1.165) is 108 Å². The lowest BCUT2D eigenvalue weighted by Crippen LogP contribution is -2.30. The van der Waals surface area contributed by atoms with E-state index >= 15 is 0 Å². The molecule has 4 unspecified atom stereocenters. The van der Waals surface area contributed by atoms with Crippen molar-refractivity contribution in [2.24, 2.45) is 17.8 Å². The minimum absolute atomic E-state index is 0.106. The Hall–Kier alpha value is -1.94. The third-order valence-electron chi connectivity index (χ3n) is 18.9. The molecule has 0 saturated carbocycles. The summed E-state index contributed by atoms with van der Waals surface area (Å²) in [5, 5.41) is 10.6. The second kappa shape index (κ2) is 68.5. The molecule has 97 heavy (non-hydrogen) atoms. The number of phosphoric acid groups is 2. The Kier molecular flexibility index (Phi) is 67.1. The average molecular weight is 1420 g/mol. The summed E-state index contributed by atoms with van der Waals surface area (Å²) in [4.78, 5) is 72.9. The van der Waals surface area contributed by atoms with Gasteiger partial charge in [0.05, 0.1) is 26.4 Å². The molecule has 19 heteroatoms. The first-order valence-electron chi connectivity index (χ1n) is 40.4. The van der Waals surface area contributed by atoms with Crippen molar-refractivity contribution >= 4 is 39.5 Å². The molecule has 17 nitrogen and oxygen atoms in total. The third kappa shape index (κ3) is 69.5. The van der Waals surface area contributed by atoms with Gasteiger partial charge in [-0.3, -0.25) is 37.3 Å². The van der Waals surface area contributed by atoms with Crippen LogP contribution in [0.1, 0.15) is 402 Å². The van der Waals surface area contributed by atoms with Gasteiger partial charge in [-0.2, -0.15) is 0 Å². The molecule has 0 radical (unpaired) electrons. The summed E-state index contributed by atoms with van der Waals surface area (Å²) in [5.74, 6) is 0.224. The zero-order valence-corrected chi connectivity index (χ0v) is 65.3. The second-order valence-electron chi connectivity index (χ2n) is 29.1. The molecule has 0 aromatic carbocycles. The minimum atomic E-state index is -4.96. The molecule has 0 rings (SSSR count). The number of ether oxygens (including phenoxy) is 4. The molecule has 0 aromatic heterocycles. The van der Waals surface area contributed by atoms with Crippen LogP contribution in [0.5, 0.6) is 0 Å². The van der Waals surface area contributed by atoms with Crippen LogP contribution >= 0.6 is 15.6 Å². The monoisotopic (exact) mass is 1420 g/mol. The highest BCUT2D eigenvalue weighted by Crippen LogP contribution is 2.45. The number of esters is 4. The van der Waals surface area contributed by atoms with Crippen LogP contribution in [0.25, 0.3) is 0 Å². The number of aliphatic hydroxyl groups excluding tert-OH is 1. The highest BCUT2D eigenvalue weighted by atomic mass is 31.2. The van der Waals surface area contributed by atoms with Gasteiger partial charge in [0.25, 0.3) is 0 Å². The van der Waals surface area contributed by atoms with Crippen LogP contribution in [0.2, 0.25) is 0 Å². The van der Waals surface area contributed by atoms with Gasteiger partial charge in [0, 0.05) is 25.7 Å². The van der Waals surface area contributed by atoms with Gasteiger partial charge >= 0.3 is 39.5 Å². The van der Waals surface area contributed by atoms with Crippen LogP contribution < -0.4 is 0 Å². The molecule has 0 fully saturated rings. The lowest BCUT2D eigenvalue weighted by Gasteiger charge is -2.21. The zero-order valence-electron chi connectivity index (χ0n) is 63.5.